The number of nitrogens with two attached hydrogens (primary N) is 1. The van der Waals surface area contributed by atoms with Gasteiger partial charge in [-0.05, 0) is 31.9 Å². The second kappa shape index (κ2) is 8.84. The third kappa shape index (κ3) is 5.72. The minimum absolute atomic E-state index is 0.157. The maximum absolute atomic E-state index is 11.0. The molecule has 0 aliphatic carbocycles. The summed E-state index contributed by atoms with van der Waals surface area (Å²) in [5.74, 6) is 1.00. The molecule has 1 heterocycles. The minimum atomic E-state index is -0.571. The minimum Gasteiger partial charge on any atom is -0.454 e. The van der Waals surface area contributed by atoms with E-state index >= 15 is 0 Å². The lowest BCUT2D eigenvalue weighted by Crippen LogP contribution is -2.39. The molecule has 0 fully saturated rings. The molecule has 0 atom stereocenters. The number of amides is 1. The molecule has 1 aromatic heterocycles. The van der Waals surface area contributed by atoms with Gasteiger partial charge in [0.2, 0.25) is 0 Å². The summed E-state index contributed by atoms with van der Waals surface area (Å²) in [5, 5.41) is 3.23. The molecule has 0 saturated carbocycles. The number of aliphatic imine (C=N–C) groups is 1. The van der Waals surface area contributed by atoms with Crippen molar-refractivity contribution in [2.24, 2.45) is 10.7 Å². The van der Waals surface area contributed by atoms with E-state index in [9.17, 15) is 4.79 Å². The second-order valence-electron chi connectivity index (χ2n) is 4.65. The zero-order valence-corrected chi connectivity index (χ0v) is 12.8. The highest BCUT2D eigenvalue weighted by Crippen LogP contribution is 2.08. The number of guanidine groups is 1. The number of furan rings is 1. The van der Waals surface area contributed by atoms with Crippen molar-refractivity contribution < 1.29 is 9.21 Å². The Morgan fingerprint density at radius 2 is 2.33 bits per heavy atom. The first-order valence-corrected chi connectivity index (χ1v) is 7.07. The molecule has 6 nitrogen and oxygen atoms in total. The molecule has 0 aromatic carbocycles. The van der Waals surface area contributed by atoms with Gasteiger partial charge in [-0.3, -0.25) is 4.79 Å². The maximum atomic E-state index is 11.0. The topological polar surface area (TPSA) is 83.9 Å². The van der Waals surface area contributed by atoms with Gasteiger partial charge in [0.05, 0.1) is 0 Å². The summed E-state index contributed by atoms with van der Waals surface area (Å²) in [6.45, 7) is 7.78. The van der Waals surface area contributed by atoms with Crippen molar-refractivity contribution in [3.63, 3.8) is 0 Å². The van der Waals surface area contributed by atoms with Gasteiger partial charge in [0.1, 0.15) is 12.3 Å². The van der Waals surface area contributed by atoms with Crippen LogP contribution < -0.4 is 11.1 Å². The molecule has 116 valence electrons. The van der Waals surface area contributed by atoms with E-state index in [0.717, 1.165) is 31.9 Å². The second-order valence-corrected chi connectivity index (χ2v) is 4.65. The fraction of sp³-hybridized carbons (Fsp3) is 0.467. The summed E-state index contributed by atoms with van der Waals surface area (Å²) in [5.41, 5.74) is 5.15. The lowest BCUT2D eigenvalue weighted by Gasteiger charge is -2.21. The van der Waals surface area contributed by atoms with E-state index in [2.05, 4.69) is 21.8 Å². The van der Waals surface area contributed by atoms with Crippen molar-refractivity contribution in [1.29, 1.82) is 0 Å². The van der Waals surface area contributed by atoms with Crippen molar-refractivity contribution in [1.82, 2.24) is 10.2 Å². The number of hydrogen-bond acceptors (Lipinski definition) is 3. The summed E-state index contributed by atoms with van der Waals surface area (Å²) in [7, 11) is 1.99. The van der Waals surface area contributed by atoms with Gasteiger partial charge < -0.3 is 20.4 Å². The number of hydrogen-bond donors (Lipinski definition) is 2. The van der Waals surface area contributed by atoms with Gasteiger partial charge in [-0.1, -0.05) is 6.08 Å². The van der Waals surface area contributed by atoms with E-state index in [1.54, 1.807) is 12.1 Å². The summed E-state index contributed by atoms with van der Waals surface area (Å²) < 4.78 is 5.31. The van der Waals surface area contributed by atoms with E-state index < -0.39 is 5.91 Å². The molecule has 1 aromatic rings. The molecular formula is C15H24N4O2. The Hall–Kier alpha value is -2.24. The number of nitrogens with zero attached hydrogens (tertiary/aromatic N) is 2. The molecule has 3 N–H and O–H groups in total. The molecule has 0 aliphatic rings. The van der Waals surface area contributed by atoms with Crippen LogP contribution in [0, 0.1) is 0 Å². The molecule has 6 heteroatoms. The molecule has 0 saturated heterocycles. The Balaban J connectivity index is 2.64. The average molecular weight is 292 g/mol. The molecule has 0 aliphatic heterocycles. The summed E-state index contributed by atoms with van der Waals surface area (Å²) >= 11 is 0. The van der Waals surface area contributed by atoms with Gasteiger partial charge in [-0.2, -0.15) is 0 Å². The van der Waals surface area contributed by atoms with Crippen LogP contribution in [0.2, 0.25) is 0 Å². The SMILES string of the molecule is C=CCCCN(C)C(=NCc1ccc(C(N)=O)o1)NCC. The number of unbranched alkanes of at least 4 members (excludes halogenated alkanes) is 1. The Kier molecular flexibility index (Phi) is 7.08. The quantitative estimate of drug-likeness (QED) is 0.331. The first kappa shape index (κ1) is 16.8. The van der Waals surface area contributed by atoms with Crippen molar-refractivity contribution in [2.75, 3.05) is 20.1 Å². The van der Waals surface area contributed by atoms with E-state index in [1.807, 2.05) is 20.0 Å². The van der Waals surface area contributed by atoms with Crippen LogP contribution in [0.3, 0.4) is 0 Å². The Morgan fingerprint density at radius 3 is 2.90 bits per heavy atom. The molecule has 1 rings (SSSR count). The Labute approximate surface area is 125 Å². The monoisotopic (exact) mass is 292 g/mol. The predicted octanol–water partition coefficient (Wildman–Crippen LogP) is 1.74. The van der Waals surface area contributed by atoms with Crippen LogP contribution in [-0.4, -0.2) is 36.9 Å². The molecular weight excluding hydrogens is 268 g/mol. The van der Waals surface area contributed by atoms with Gasteiger partial charge in [-0.15, -0.1) is 6.58 Å². The molecule has 0 unspecified atom stereocenters. The lowest BCUT2D eigenvalue weighted by atomic mass is 10.3. The van der Waals surface area contributed by atoms with E-state index in [1.165, 1.54) is 0 Å². The standard InChI is InChI=1S/C15H24N4O2/c1-4-6-7-10-19(3)15(17-5-2)18-11-12-8-9-13(21-12)14(16)20/h4,8-9H,1,5-7,10-11H2,2-3H3,(H2,16,20)(H,17,18). The fourth-order valence-electron chi connectivity index (χ4n) is 1.80. The van der Waals surface area contributed by atoms with Crippen LogP contribution in [0.15, 0.2) is 34.2 Å². The highest BCUT2D eigenvalue weighted by Gasteiger charge is 2.08. The highest BCUT2D eigenvalue weighted by molar-refractivity contribution is 5.89. The number of nitrogens with one attached hydrogen (secondary N) is 1. The third-order valence-electron chi connectivity index (χ3n) is 2.89. The van der Waals surface area contributed by atoms with Crippen molar-refractivity contribution >= 4 is 11.9 Å². The predicted molar refractivity (Wildman–Crippen MR) is 84.1 cm³/mol. The summed E-state index contributed by atoms with van der Waals surface area (Å²) in [6.07, 6.45) is 3.91. The number of primary amides is 1. The fourth-order valence-corrected chi connectivity index (χ4v) is 1.80. The van der Waals surface area contributed by atoms with Gasteiger partial charge >= 0.3 is 0 Å². The van der Waals surface area contributed by atoms with Crippen molar-refractivity contribution in [3.05, 3.63) is 36.3 Å². The van der Waals surface area contributed by atoms with Crippen molar-refractivity contribution in [2.45, 2.75) is 26.3 Å². The normalized spacial score (nSPS) is 11.2. The van der Waals surface area contributed by atoms with Gasteiger partial charge in [0.15, 0.2) is 11.7 Å². The van der Waals surface area contributed by atoms with Crippen LogP contribution in [0.5, 0.6) is 0 Å². The van der Waals surface area contributed by atoms with E-state index in [-0.39, 0.29) is 5.76 Å². The third-order valence-corrected chi connectivity index (χ3v) is 2.89. The number of carbonyl (C=O) groups excluding carboxylic acids is 1. The maximum Gasteiger partial charge on any atom is 0.284 e. The average Bonchev–Trinajstić information content (AvgIpc) is 2.92. The van der Waals surface area contributed by atoms with Crippen LogP contribution in [0.4, 0.5) is 0 Å². The van der Waals surface area contributed by atoms with E-state index in [4.69, 9.17) is 10.2 Å². The highest BCUT2D eigenvalue weighted by atomic mass is 16.3. The Bertz CT molecular complexity index is 494. The number of rotatable bonds is 8. The van der Waals surface area contributed by atoms with Crippen LogP contribution in [0.1, 0.15) is 36.1 Å². The first-order chi connectivity index (χ1) is 10.1. The molecule has 21 heavy (non-hydrogen) atoms. The molecule has 0 spiro atoms. The van der Waals surface area contributed by atoms with Crippen molar-refractivity contribution in [3.8, 4) is 0 Å². The summed E-state index contributed by atoms with van der Waals surface area (Å²) in [6, 6.07) is 3.28. The lowest BCUT2D eigenvalue weighted by molar-refractivity contribution is 0.0972. The Morgan fingerprint density at radius 1 is 1.57 bits per heavy atom. The molecule has 1 amide bonds. The van der Waals surface area contributed by atoms with Crippen LogP contribution >= 0.6 is 0 Å². The van der Waals surface area contributed by atoms with Gasteiger partial charge in [0.25, 0.3) is 5.91 Å². The molecule has 0 radical (unpaired) electrons. The zero-order chi connectivity index (χ0) is 15.7. The summed E-state index contributed by atoms with van der Waals surface area (Å²) in [4.78, 5) is 17.5. The zero-order valence-electron chi connectivity index (χ0n) is 12.8. The molecule has 0 bridgehead atoms. The first-order valence-electron chi connectivity index (χ1n) is 7.07. The van der Waals surface area contributed by atoms with Gasteiger partial charge in [-0.25, -0.2) is 4.99 Å². The van der Waals surface area contributed by atoms with E-state index in [0.29, 0.717) is 12.3 Å². The van der Waals surface area contributed by atoms with Gasteiger partial charge in [0, 0.05) is 20.1 Å². The number of carbonyl (C=O) groups is 1. The smallest absolute Gasteiger partial charge is 0.284 e. The number of allylic oxidation sites excluding steroid dienone is 1. The van der Waals surface area contributed by atoms with Crippen LogP contribution in [0.25, 0.3) is 0 Å². The largest absolute Gasteiger partial charge is 0.454 e. The van der Waals surface area contributed by atoms with Crippen LogP contribution in [-0.2, 0) is 6.54 Å².